The first-order valence-corrected chi connectivity index (χ1v) is 24.7. The van der Waals surface area contributed by atoms with Gasteiger partial charge in [-0.3, -0.25) is 0 Å². The molecule has 0 aromatic heterocycles. The number of unbranched alkanes of at least 4 members (excludes halogenated alkanes) is 24. The summed E-state index contributed by atoms with van der Waals surface area (Å²) in [6.45, 7) is 8.83. The van der Waals surface area contributed by atoms with Crippen LogP contribution in [-0.2, 0) is 0 Å². The smallest absolute Gasteiger partial charge is 0.161 e. The van der Waals surface area contributed by atoms with Gasteiger partial charge in [-0.2, -0.15) is 0 Å². The van der Waals surface area contributed by atoms with E-state index in [1.807, 2.05) is 0 Å². The van der Waals surface area contributed by atoms with Crippen LogP contribution in [0.2, 0.25) is 0 Å². The number of hydrogen-bond acceptors (Lipinski definition) is 6. The van der Waals surface area contributed by atoms with Crippen LogP contribution in [0, 0.1) is 0 Å². The predicted molar refractivity (Wildman–Crippen MR) is 257 cm³/mol. The highest BCUT2D eigenvalue weighted by atomic mass is 16.5. The largest absolute Gasteiger partial charge is 0.493 e. The minimum atomic E-state index is 0.664. The monoisotopic (exact) mass is 829 g/mol. The highest BCUT2D eigenvalue weighted by Gasteiger charge is 2.20. The quantitative estimate of drug-likeness (QED) is 0.0336. The van der Waals surface area contributed by atoms with E-state index in [4.69, 9.17) is 28.4 Å². The van der Waals surface area contributed by atoms with E-state index in [0.29, 0.717) is 19.8 Å². The van der Waals surface area contributed by atoms with Gasteiger partial charge in [0.05, 0.1) is 41.2 Å². The summed E-state index contributed by atoms with van der Waals surface area (Å²) >= 11 is 0. The van der Waals surface area contributed by atoms with Gasteiger partial charge < -0.3 is 28.4 Å². The van der Waals surface area contributed by atoms with Crippen LogP contribution in [0.15, 0.2) is 36.4 Å². The second kappa shape index (κ2) is 29.7. The molecule has 0 atom stereocenters. The molecule has 4 rings (SSSR count). The molecule has 0 radical (unpaired) electrons. The van der Waals surface area contributed by atoms with Crippen LogP contribution in [0.3, 0.4) is 0 Å². The Kier molecular flexibility index (Phi) is 24.3. The minimum absolute atomic E-state index is 0.664. The summed E-state index contributed by atoms with van der Waals surface area (Å²) in [5, 5.41) is 6.47. The molecule has 0 heterocycles. The Morgan fingerprint density at radius 2 is 0.433 bits per heavy atom. The summed E-state index contributed by atoms with van der Waals surface area (Å²) in [6.07, 6.45) is 34.5. The van der Waals surface area contributed by atoms with Crippen molar-refractivity contribution in [2.45, 2.75) is 194 Å². The van der Waals surface area contributed by atoms with Gasteiger partial charge in [0.1, 0.15) is 0 Å². The van der Waals surface area contributed by atoms with Gasteiger partial charge in [-0.15, -0.1) is 0 Å². The van der Waals surface area contributed by atoms with Crippen molar-refractivity contribution in [3.8, 4) is 34.5 Å². The molecular weight excluding hydrogens is 745 g/mol. The zero-order chi connectivity index (χ0) is 42.6. The zero-order valence-electron chi connectivity index (χ0n) is 39.1. The van der Waals surface area contributed by atoms with Gasteiger partial charge in [-0.1, -0.05) is 175 Å². The lowest BCUT2D eigenvalue weighted by Crippen LogP contribution is -2.02. The first-order valence-electron chi connectivity index (χ1n) is 24.7. The first-order chi connectivity index (χ1) is 29.6. The van der Waals surface area contributed by atoms with Gasteiger partial charge in [0.15, 0.2) is 34.5 Å². The average Bonchev–Trinajstić information content (AvgIpc) is 3.27. The number of benzene rings is 4. The Hall–Kier alpha value is -3.54. The van der Waals surface area contributed by atoms with Crippen molar-refractivity contribution in [1.29, 1.82) is 0 Å². The summed E-state index contributed by atoms with van der Waals surface area (Å²) in [5.74, 6) is 4.51. The van der Waals surface area contributed by atoms with E-state index in [1.165, 1.54) is 154 Å². The molecule has 0 aliphatic rings. The van der Waals surface area contributed by atoms with Gasteiger partial charge in [0.2, 0.25) is 0 Å². The van der Waals surface area contributed by atoms with E-state index in [9.17, 15) is 0 Å². The summed E-state index contributed by atoms with van der Waals surface area (Å²) in [6, 6.07) is 12.9. The van der Waals surface area contributed by atoms with Crippen molar-refractivity contribution >= 4 is 32.3 Å². The van der Waals surface area contributed by atoms with Crippen molar-refractivity contribution in [3.05, 3.63) is 36.4 Å². The summed E-state index contributed by atoms with van der Waals surface area (Å²) in [4.78, 5) is 0. The molecule has 0 N–H and O–H groups in total. The average molecular weight is 829 g/mol. The van der Waals surface area contributed by atoms with Crippen LogP contribution in [0.25, 0.3) is 32.3 Å². The minimum Gasteiger partial charge on any atom is -0.493 e. The van der Waals surface area contributed by atoms with Crippen LogP contribution >= 0.6 is 0 Å². The first kappa shape index (κ1) is 49.1. The standard InChI is InChI=1S/C54H84O6/c1-7-10-13-16-19-22-25-28-31-34-58-52-40-46-43(37-49(52)55-4)47-41-53(59-35-32-29-26-23-20-17-14-11-8-2)51(57-6)39-45(47)48-42-54(50(56-5)38-44(46)48)60-36-33-30-27-24-21-18-15-12-9-3/h37-42H,7-36H2,1-6H3. The fourth-order valence-electron chi connectivity index (χ4n) is 8.62. The topological polar surface area (TPSA) is 55.4 Å². The lowest BCUT2D eigenvalue weighted by Gasteiger charge is -2.19. The Balaban J connectivity index is 1.58. The third kappa shape index (κ3) is 16.1. The highest BCUT2D eigenvalue weighted by Crippen LogP contribution is 2.47. The summed E-state index contributed by atoms with van der Waals surface area (Å²) in [7, 11) is 5.20. The second-order valence-electron chi connectivity index (χ2n) is 17.2. The predicted octanol–water partition coefficient (Wildman–Crippen LogP) is 16.9. The molecule has 4 aromatic rings. The van der Waals surface area contributed by atoms with Gasteiger partial charge in [-0.05, 0) is 88.0 Å². The molecule has 0 aliphatic heterocycles. The lowest BCUT2D eigenvalue weighted by molar-refractivity contribution is 0.285. The van der Waals surface area contributed by atoms with E-state index < -0.39 is 0 Å². The molecule has 0 unspecified atom stereocenters. The maximum Gasteiger partial charge on any atom is 0.161 e. The number of methoxy groups -OCH3 is 3. The zero-order valence-corrected chi connectivity index (χ0v) is 39.1. The van der Waals surface area contributed by atoms with E-state index in [-0.39, 0.29) is 0 Å². The van der Waals surface area contributed by atoms with Gasteiger partial charge in [0, 0.05) is 0 Å². The van der Waals surface area contributed by atoms with Gasteiger partial charge in [-0.25, -0.2) is 0 Å². The SMILES string of the molecule is CCCCCCCCCCCOc1cc2c(cc1OC)c1cc(OCCCCCCCCCCC)c(OC)cc1c1cc(OCCCCCCCCCCC)c(OC)cc21. The van der Waals surface area contributed by atoms with Crippen LogP contribution in [0.1, 0.15) is 194 Å². The molecule has 0 saturated carbocycles. The maximum absolute atomic E-state index is 6.51. The van der Waals surface area contributed by atoms with Gasteiger partial charge in [0.25, 0.3) is 0 Å². The number of rotatable bonds is 36. The molecule has 4 aromatic carbocycles. The van der Waals surface area contributed by atoms with Crippen LogP contribution in [0.5, 0.6) is 34.5 Å². The van der Waals surface area contributed by atoms with Crippen molar-refractivity contribution in [2.24, 2.45) is 0 Å². The van der Waals surface area contributed by atoms with Crippen LogP contribution in [-0.4, -0.2) is 41.2 Å². The maximum atomic E-state index is 6.51. The Morgan fingerprint density at radius 1 is 0.250 bits per heavy atom. The fraction of sp³-hybridized carbons (Fsp3) is 0.667. The van der Waals surface area contributed by atoms with E-state index in [1.54, 1.807) is 21.3 Å². The molecule has 0 bridgehead atoms. The van der Waals surface area contributed by atoms with Crippen LogP contribution < -0.4 is 28.4 Å². The molecule has 0 spiro atoms. The molecule has 0 fully saturated rings. The van der Waals surface area contributed by atoms with Gasteiger partial charge >= 0.3 is 0 Å². The normalized spacial score (nSPS) is 11.5. The van der Waals surface area contributed by atoms with Crippen LogP contribution in [0.4, 0.5) is 0 Å². The molecule has 0 aliphatic carbocycles. The Bertz CT molecular complexity index is 1530. The fourth-order valence-corrected chi connectivity index (χ4v) is 8.62. The van der Waals surface area contributed by atoms with E-state index in [2.05, 4.69) is 57.2 Å². The molecule has 60 heavy (non-hydrogen) atoms. The lowest BCUT2D eigenvalue weighted by atomic mass is 9.93. The Labute approximate surface area is 365 Å². The molecule has 0 amide bonds. The molecule has 6 heteroatoms. The van der Waals surface area contributed by atoms with E-state index >= 15 is 0 Å². The number of fused-ring (bicyclic) bond motifs is 6. The van der Waals surface area contributed by atoms with Crippen molar-refractivity contribution in [3.63, 3.8) is 0 Å². The Morgan fingerprint density at radius 3 is 0.633 bits per heavy atom. The van der Waals surface area contributed by atoms with E-state index in [0.717, 1.165) is 86.1 Å². The van der Waals surface area contributed by atoms with Crippen molar-refractivity contribution < 1.29 is 28.4 Å². The number of hydrogen-bond donors (Lipinski definition) is 0. The summed E-state index contributed by atoms with van der Waals surface area (Å²) < 4.78 is 37.6. The number of ether oxygens (including phenoxy) is 6. The molecule has 336 valence electrons. The highest BCUT2D eigenvalue weighted by molar-refractivity contribution is 6.26. The third-order valence-electron chi connectivity index (χ3n) is 12.3. The second-order valence-corrected chi connectivity index (χ2v) is 17.2. The molecule has 6 nitrogen and oxygen atoms in total. The summed E-state index contributed by atoms with van der Waals surface area (Å²) in [5.41, 5.74) is 0. The third-order valence-corrected chi connectivity index (χ3v) is 12.3. The van der Waals surface area contributed by atoms with Crippen molar-refractivity contribution in [1.82, 2.24) is 0 Å². The van der Waals surface area contributed by atoms with Crippen molar-refractivity contribution in [2.75, 3.05) is 41.2 Å². The molecule has 0 saturated heterocycles. The molecular formula is C54H84O6.